The van der Waals surface area contributed by atoms with E-state index in [0.29, 0.717) is 5.75 Å². The van der Waals surface area contributed by atoms with Crippen LogP contribution in [0.1, 0.15) is 24.0 Å². The Bertz CT molecular complexity index is 849. The Morgan fingerprint density at radius 3 is 2.70 bits per heavy atom. The molecule has 3 rings (SSSR count). The number of amides is 1. The molecule has 1 saturated heterocycles. The molecule has 2 aromatic rings. The summed E-state index contributed by atoms with van der Waals surface area (Å²) in [6.07, 6.45) is 4.18. The van der Waals surface area contributed by atoms with E-state index < -0.39 is 0 Å². The van der Waals surface area contributed by atoms with E-state index in [1.807, 2.05) is 18.2 Å². The number of hydrazone groups is 1. The molecule has 1 fully saturated rings. The fourth-order valence-electron chi connectivity index (χ4n) is 2.92. The quantitative estimate of drug-likeness (QED) is 0.469. The molecule has 0 unspecified atom stereocenters. The smallest absolute Gasteiger partial charge is 0.277 e. The highest BCUT2D eigenvalue weighted by atomic mass is 79.9. The third-order valence-corrected chi connectivity index (χ3v) is 5.48. The molecule has 27 heavy (non-hydrogen) atoms. The van der Waals surface area contributed by atoms with Crippen LogP contribution in [0.15, 0.2) is 50.4 Å². The first-order valence-electron chi connectivity index (χ1n) is 8.78. The Kier molecular flexibility index (Phi) is 6.90. The average Bonchev–Trinajstić information content (AvgIpc) is 3.17. The van der Waals surface area contributed by atoms with Crippen molar-refractivity contribution in [2.75, 3.05) is 24.6 Å². The molecule has 0 bridgehead atoms. The van der Waals surface area contributed by atoms with E-state index in [-0.39, 0.29) is 12.5 Å². The Hall–Kier alpha value is -1.86. The van der Waals surface area contributed by atoms with Gasteiger partial charge in [0, 0.05) is 23.2 Å². The summed E-state index contributed by atoms with van der Waals surface area (Å²) in [7, 11) is 0. The maximum atomic E-state index is 11.9. The van der Waals surface area contributed by atoms with E-state index in [9.17, 15) is 4.79 Å². The Morgan fingerprint density at radius 2 is 2.00 bits per heavy atom. The highest BCUT2D eigenvalue weighted by molar-refractivity contribution is 9.11. The van der Waals surface area contributed by atoms with Crippen molar-refractivity contribution < 1.29 is 9.53 Å². The molecule has 7 heteroatoms. The summed E-state index contributed by atoms with van der Waals surface area (Å²) in [4.78, 5) is 14.3. The molecule has 0 saturated carbocycles. The molecule has 0 aliphatic carbocycles. The fourth-order valence-corrected chi connectivity index (χ4v) is 4.08. The number of hydrogen-bond donors (Lipinski definition) is 1. The highest BCUT2D eigenvalue weighted by Crippen LogP contribution is 2.28. The fraction of sp³-hybridized carbons (Fsp3) is 0.300. The predicted molar refractivity (Wildman–Crippen MR) is 116 cm³/mol. The lowest BCUT2D eigenvalue weighted by Gasteiger charge is -2.18. The van der Waals surface area contributed by atoms with Gasteiger partial charge in [0.05, 0.1) is 10.7 Å². The van der Waals surface area contributed by atoms with Gasteiger partial charge < -0.3 is 9.64 Å². The van der Waals surface area contributed by atoms with E-state index in [0.717, 1.165) is 33.2 Å². The number of nitrogens with zero attached hydrogens (tertiary/aromatic N) is 2. The average molecular weight is 495 g/mol. The molecule has 0 atom stereocenters. The van der Waals surface area contributed by atoms with Crippen LogP contribution in [-0.4, -0.2) is 31.8 Å². The minimum atomic E-state index is -0.313. The summed E-state index contributed by atoms with van der Waals surface area (Å²) >= 11 is 6.77. The number of nitrogens with one attached hydrogen (secondary N) is 1. The largest absolute Gasteiger partial charge is 0.483 e. The number of ether oxygens (including phenoxy) is 1. The van der Waals surface area contributed by atoms with E-state index in [1.165, 1.54) is 18.5 Å². The number of rotatable bonds is 6. The zero-order chi connectivity index (χ0) is 19.2. The van der Waals surface area contributed by atoms with Crippen molar-refractivity contribution in [3.05, 3.63) is 56.5 Å². The Balaban J connectivity index is 1.51. The van der Waals surface area contributed by atoms with E-state index >= 15 is 0 Å². The molecule has 1 heterocycles. The molecule has 1 aliphatic rings. The van der Waals surface area contributed by atoms with E-state index in [4.69, 9.17) is 4.74 Å². The predicted octanol–water partition coefficient (Wildman–Crippen LogP) is 4.65. The number of aryl methyl sites for hydroxylation is 1. The van der Waals surface area contributed by atoms with Crippen molar-refractivity contribution in [2.24, 2.45) is 5.10 Å². The van der Waals surface area contributed by atoms with Crippen molar-refractivity contribution in [2.45, 2.75) is 19.8 Å². The minimum absolute atomic E-state index is 0.107. The molecule has 1 amide bonds. The van der Waals surface area contributed by atoms with Crippen LogP contribution in [0.3, 0.4) is 0 Å². The van der Waals surface area contributed by atoms with Crippen molar-refractivity contribution in [1.82, 2.24) is 5.43 Å². The lowest BCUT2D eigenvalue weighted by molar-refractivity contribution is -0.123. The maximum absolute atomic E-state index is 11.9. The second kappa shape index (κ2) is 9.37. The van der Waals surface area contributed by atoms with Gasteiger partial charge in [0.15, 0.2) is 6.61 Å². The van der Waals surface area contributed by atoms with Crippen LogP contribution in [0.25, 0.3) is 0 Å². The molecule has 142 valence electrons. The topological polar surface area (TPSA) is 53.9 Å². The van der Waals surface area contributed by atoms with Crippen molar-refractivity contribution in [3.8, 4) is 5.75 Å². The van der Waals surface area contributed by atoms with Crippen LogP contribution in [0.2, 0.25) is 0 Å². The van der Waals surface area contributed by atoms with Gasteiger partial charge in [-0.15, -0.1) is 0 Å². The molecule has 5 nitrogen and oxygen atoms in total. The van der Waals surface area contributed by atoms with Gasteiger partial charge >= 0.3 is 0 Å². The first kappa shape index (κ1) is 19.9. The van der Waals surface area contributed by atoms with Crippen LogP contribution in [0.4, 0.5) is 5.69 Å². The Labute approximate surface area is 176 Å². The van der Waals surface area contributed by atoms with Gasteiger partial charge in [-0.05, 0) is 77.2 Å². The standard InChI is InChI=1S/C20H21Br2N3O2/c1-14-10-17(25-8-2-3-9-25)6-4-15(14)12-23-24-20(26)13-27-19-7-5-16(21)11-18(19)22/h4-7,10-12H,2-3,8-9,13H2,1H3,(H,24,26)/b23-12+. The highest BCUT2D eigenvalue weighted by Gasteiger charge is 2.12. The molecule has 2 aromatic carbocycles. The number of carbonyl (C=O) groups is 1. The lowest BCUT2D eigenvalue weighted by Crippen LogP contribution is -2.24. The first-order valence-corrected chi connectivity index (χ1v) is 10.4. The molecule has 0 spiro atoms. The Morgan fingerprint density at radius 1 is 1.22 bits per heavy atom. The lowest BCUT2D eigenvalue weighted by atomic mass is 10.1. The van der Waals surface area contributed by atoms with Crippen LogP contribution in [-0.2, 0) is 4.79 Å². The molecular formula is C20H21Br2N3O2. The number of benzene rings is 2. The molecule has 0 aromatic heterocycles. The van der Waals surface area contributed by atoms with Crippen LogP contribution in [0.5, 0.6) is 5.75 Å². The van der Waals surface area contributed by atoms with Crippen LogP contribution in [0, 0.1) is 6.92 Å². The van der Waals surface area contributed by atoms with Gasteiger partial charge in [-0.1, -0.05) is 22.0 Å². The van der Waals surface area contributed by atoms with Crippen LogP contribution < -0.4 is 15.1 Å². The van der Waals surface area contributed by atoms with E-state index in [2.05, 4.69) is 66.3 Å². The maximum Gasteiger partial charge on any atom is 0.277 e. The zero-order valence-electron chi connectivity index (χ0n) is 15.0. The summed E-state index contributed by atoms with van der Waals surface area (Å²) in [5, 5.41) is 4.04. The number of carbonyl (C=O) groups excluding carboxylic acids is 1. The zero-order valence-corrected chi connectivity index (χ0v) is 18.2. The van der Waals surface area contributed by atoms with Gasteiger partial charge in [0.1, 0.15) is 5.75 Å². The van der Waals surface area contributed by atoms with Gasteiger partial charge in [0.25, 0.3) is 5.91 Å². The van der Waals surface area contributed by atoms with Gasteiger partial charge in [0.2, 0.25) is 0 Å². The monoisotopic (exact) mass is 493 g/mol. The van der Waals surface area contributed by atoms with Crippen molar-refractivity contribution >= 4 is 49.7 Å². The normalized spacial score (nSPS) is 14.0. The third-order valence-electron chi connectivity index (χ3n) is 4.37. The summed E-state index contributed by atoms with van der Waals surface area (Å²) in [5.41, 5.74) is 5.86. The van der Waals surface area contributed by atoms with Crippen molar-refractivity contribution in [1.29, 1.82) is 0 Å². The second-order valence-corrected chi connectivity index (χ2v) is 8.16. The number of halogens is 2. The summed E-state index contributed by atoms with van der Waals surface area (Å²) in [6, 6.07) is 11.8. The SMILES string of the molecule is Cc1cc(N2CCCC2)ccc1/C=N/NC(=O)COc1ccc(Br)cc1Br. The van der Waals surface area contributed by atoms with Gasteiger partial charge in [-0.2, -0.15) is 5.10 Å². The number of anilines is 1. The molecule has 1 N–H and O–H groups in total. The summed E-state index contributed by atoms with van der Waals surface area (Å²) in [5.74, 6) is 0.290. The van der Waals surface area contributed by atoms with Crippen LogP contribution >= 0.6 is 31.9 Å². The van der Waals surface area contributed by atoms with E-state index in [1.54, 1.807) is 12.3 Å². The summed E-state index contributed by atoms with van der Waals surface area (Å²) in [6.45, 7) is 4.19. The third kappa shape index (κ3) is 5.56. The summed E-state index contributed by atoms with van der Waals surface area (Å²) < 4.78 is 7.21. The molecular weight excluding hydrogens is 474 g/mol. The number of hydrogen-bond acceptors (Lipinski definition) is 4. The van der Waals surface area contributed by atoms with Gasteiger partial charge in [-0.3, -0.25) is 4.79 Å². The molecule has 0 radical (unpaired) electrons. The van der Waals surface area contributed by atoms with Gasteiger partial charge in [-0.25, -0.2) is 5.43 Å². The minimum Gasteiger partial charge on any atom is -0.483 e. The first-order chi connectivity index (χ1) is 13.0. The second-order valence-electron chi connectivity index (χ2n) is 6.39. The van der Waals surface area contributed by atoms with Crippen molar-refractivity contribution in [3.63, 3.8) is 0 Å². The molecule has 1 aliphatic heterocycles.